The number of nitrogens with one attached hydrogen (secondary N) is 1. The fraction of sp³-hybridized carbons (Fsp3) is 0.185. The Morgan fingerprint density at radius 2 is 1.71 bits per heavy atom. The van der Waals surface area contributed by atoms with Crippen LogP contribution in [0.25, 0.3) is 6.08 Å². The van der Waals surface area contributed by atoms with Gasteiger partial charge in [0.1, 0.15) is 6.61 Å². The van der Waals surface area contributed by atoms with Gasteiger partial charge >= 0.3 is 0 Å². The van der Waals surface area contributed by atoms with Crippen LogP contribution in [0.5, 0.6) is 11.5 Å². The second-order valence-corrected chi connectivity index (χ2v) is 9.41. The Morgan fingerprint density at radius 1 is 0.971 bits per heavy atom. The van der Waals surface area contributed by atoms with Crippen LogP contribution in [0.1, 0.15) is 30.5 Å². The number of hydrogen-bond donors (Lipinski definition) is 1. The molecule has 5 nitrogen and oxygen atoms in total. The van der Waals surface area contributed by atoms with E-state index in [1.165, 1.54) is 17.3 Å². The summed E-state index contributed by atoms with van der Waals surface area (Å²) < 4.78 is 12.7. The number of ether oxygens (including phenoxy) is 2. The van der Waals surface area contributed by atoms with Crippen molar-refractivity contribution in [1.82, 2.24) is 5.32 Å². The number of amidine groups is 1. The van der Waals surface area contributed by atoms with Crippen LogP contribution in [0.3, 0.4) is 0 Å². The van der Waals surface area contributed by atoms with E-state index >= 15 is 0 Å². The zero-order chi connectivity index (χ0) is 23.9. The fourth-order valence-corrected chi connectivity index (χ4v) is 4.59. The highest BCUT2D eigenvalue weighted by Gasteiger charge is 2.24. The first kappa shape index (κ1) is 24.1. The summed E-state index contributed by atoms with van der Waals surface area (Å²) in [4.78, 5) is 17.7. The van der Waals surface area contributed by atoms with Crippen LogP contribution in [0, 0.1) is 0 Å². The molecule has 1 aliphatic heterocycles. The molecule has 1 heterocycles. The van der Waals surface area contributed by atoms with Crippen LogP contribution in [0.2, 0.25) is 0 Å². The third-order valence-electron chi connectivity index (χ3n) is 5.11. The minimum absolute atomic E-state index is 0.178. The molecular weight excluding hydrogens is 512 g/mol. The first-order valence-electron chi connectivity index (χ1n) is 11.1. The number of benzene rings is 3. The molecule has 34 heavy (non-hydrogen) atoms. The average molecular weight is 537 g/mol. The van der Waals surface area contributed by atoms with Gasteiger partial charge in [-0.05, 0) is 72.1 Å². The van der Waals surface area contributed by atoms with Gasteiger partial charge in [0, 0.05) is 4.47 Å². The molecule has 1 N–H and O–H groups in total. The van der Waals surface area contributed by atoms with Gasteiger partial charge in [-0.15, -0.1) is 0 Å². The highest BCUT2D eigenvalue weighted by atomic mass is 79.9. The lowest BCUT2D eigenvalue weighted by molar-refractivity contribution is -0.115. The molecule has 0 unspecified atom stereocenters. The summed E-state index contributed by atoms with van der Waals surface area (Å²) in [5, 5.41) is 3.40. The van der Waals surface area contributed by atoms with Crippen molar-refractivity contribution in [3.8, 4) is 11.5 Å². The molecule has 0 aromatic heterocycles. The first-order valence-corrected chi connectivity index (χ1v) is 12.7. The van der Waals surface area contributed by atoms with Crippen molar-refractivity contribution in [3.63, 3.8) is 0 Å². The number of thioether (sulfide) groups is 1. The summed E-state index contributed by atoms with van der Waals surface area (Å²) in [5.41, 5.74) is 3.95. The van der Waals surface area contributed by atoms with E-state index in [4.69, 9.17) is 9.47 Å². The average Bonchev–Trinajstić information content (AvgIpc) is 3.19. The molecule has 3 aromatic rings. The Labute approximate surface area is 212 Å². The molecule has 4 rings (SSSR count). The summed E-state index contributed by atoms with van der Waals surface area (Å²) in [6, 6.07) is 21.7. The van der Waals surface area contributed by atoms with Gasteiger partial charge in [0.05, 0.1) is 17.2 Å². The monoisotopic (exact) mass is 536 g/mol. The second-order valence-electron chi connectivity index (χ2n) is 7.53. The zero-order valence-corrected chi connectivity index (χ0v) is 21.4. The zero-order valence-electron chi connectivity index (χ0n) is 19.0. The van der Waals surface area contributed by atoms with Crippen molar-refractivity contribution < 1.29 is 14.3 Å². The van der Waals surface area contributed by atoms with Gasteiger partial charge in [0.25, 0.3) is 5.91 Å². The number of amides is 1. The van der Waals surface area contributed by atoms with E-state index in [1.54, 1.807) is 0 Å². The minimum atomic E-state index is -0.178. The van der Waals surface area contributed by atoms with Crippen LogP contribution < -0.4 is 14.8 Å². The van der Waals surface area contributed by atoms with Gasteiger partial charge in [-0.1, -0.05) is 65.3 Å². The summed E-state index contributed by atoms with van der Waals surface area (Å²) >= 11 is 4.93. The van der Waals surface area contributed by atoms with E-state index in [2.05, 4.69) is 33.2 Å². The molecule has 0 aliphatic carbocycles. The van der Waals surface area contributed by atoms with E-state index in [-0.39, 0.29) is 5.91 Å². The lowest BCUT2D eigenvalue weighted by Gasteiger charge is -2.14. The van der Waals surface area contributed by atoms with Crippen LogP contribution in [-0.2, 0) is 17.8 Å². The number of aryl methyl sites for hydroxylation is 1. The quantitative estimate of drug-likeness (QED) is 0.318. The van der Waals surface area contributed by atoms with Crippen molar-refractivity contribution >= 4 is 50.5 Å². The molecule has 0 spiro atoms. The molecule has 0 bridgehead atoms. The second kappa shape index (κ2) is 11.4. The SMILES string of the molecule is CCOc1cc(/C=C2\SC(=Nc3ccc(CC)cc3)NC2=O)c(Br)cc1OCc1ccccc1. The normalized spacial score (nSPS) is 15.6. The topological polar surface area (TPSA) is 59.9 Å². The maximum absolute atomic E-state index is 12.6. The smallest absolute Gasteiger partial charge is 0.264 e. The van der Waals surface area contributed by atoms with Crippen molar-refractivity contribution in [2.45, 2.75) is 26.9 Å². The maximum atomic E-state index is 12.6. The van der Waals surface area contributed by atoms with Gasteiger partial charge in [0.2, 0.25) is 0 Å². The Bertz CT molecular complexity index is 1220. The van der Waals surface area contributed by atoms with E-state index < -0.39 is 0 Å². The van der Waals surface area contributed by atoms with Crippen molar-refractivity contribution in [3.05, 3.63) is 92.8 Å². The Balaban J connectivity index is 1.54. The predicted molar refractivity (Wildman–Crippen MR) is 143 cm³/mol. The largest absolute Gasteiger partial charge is 0.490 e. The van der Waals surface area contributed by atoms with E-state index in [9.17, 15) is 4.79 Å². The molecule has 0 saturated carbocycles. The Hall–Kier alpha value is -3.03. The highest BCUT2D eigenvalue weighted by molar-refractivity contribution is 9.10. The number of rotatable bonds is 8. The molecule has 1 amide bonds. The summed E-state index contributed by atoms with van der Waals surface area (Å²) in [6.45, 7) is 4.98. The van der Waals surface area contributed by atoms with Crippen LogP contribution >= 0.6 is 27.7 Å². The van der Waals surface area contributed by atoms with Gasteiger partial charge in [-0.3, -0.25) is 4.79 Å². The maximum Gasteiger partial charge on any atom is 0.264 e. The number of aliphatic imine (C=N–C) groups is 1. The first-order chi connectivity index (χ1) is 16.6. The lowest BCUT2D eigenvalue weighted by Crippen LogP contribution is -2.19. The van der Waals surface area contributed by atoms with Gasteiger partial charge in [0.15, 0.2) is 16.7 Å². The van der Waals surface area contributed by atoms with Crippen molar-refractivity contribution in [1.29, 1.82) is 0 Å². The summed E-state index contributed by atoms with van der Waals surface area (Å²) in [5.74, 6) is 1.09. The molecule has 3 aromatic carbocycles. The molecule has 7 heteroatoms. The van der Waals surface area contributed by atoms with Crippen molar-refractivity contribution in [2.24, 2.45) is 4.99 Å². The Morgan fingerprint density at radius 3 is 2.41 bits per heavy atom. The molecule has 1 fully saturated rings. The minimum Gasteiger partial charge on any atom is -0.490 e. The van der Waals surface area contributed by atoms with E-state index in [1.807, 2.05) is 79.7 Å². The number of carbonyl (C=O) groups excluding carboxylic acids is 1. The van der Waals surface area contributed by atoms with Crippen LogP contribution in [-0.4, -0.2) is 17.7 Å². The number of nitrogens with zero attached hydrogens (tertiary/aromatic N) is 1. The Kier molecular flexibility index (Phi) is 8.08. The fourth-order valence-electron chi connectivity index (χ4n) is 3.32. The number of carbonyl (C=O) groups is 1. The van der Waals surface area contributed by atoms with Crippen molar-refractivity contribution in [2.75, 3.05) is 6.61 Å². The molecular formula is C27H25BrN2O3S. The van der Waals surface area contributed by atoms with Gasteiger partial charge in [-0.2, -0.15) is 0 Å². The summed E-state index contributed by atoms with van der Waals surface area (Å²) in [7, 11) is 0. The van der Waals surface area contributed by atoms with Crippen LogP contribution in [0.4, 0.5) is 5.69 Å². The van der Waals surface area contributed by atoms with Gasteiger partial charge < -0.3 is 14.8 Å². The predicted octanol–water partition coefficient (Wildman–Crippen LogP) is 6.88. The van der Waals surface area contributed by atoms with Crippen LogP contribution in [0.15, 0.2) is 81.1 Å². The molecule has 174 valence electrons. The molecule has 0 radical (unpaired) electrons. The van der Waals surface area contributed by atoms with E-state index in [0.29, 0.717) is 34.8 Å². The molecule has 0 atom stereocenters. The molecule has 1 aliphatic rings. The number of halogens is 1. The van der Waals surface area contributed by atoms with Gasteiger partial charge in [-0.25, -0.2) is 4.99 Å². The highest BCUT2D eigenvalue weighted by Crippen LogP contribution is 2.37. The molecule has 1 saturated heterocycles. The number of hydrogen-bond acceptors (Lipinski definition) is 5. The third-order valence-corrected chi connectivity index (χ3v) is 6.71. The van der Waals surface area contributed by atoms with E-state index in [0.717, 1.165) is 27.7 Å². The third kappa shape index (κ3) is 6.10. The lowest BCUT2D eigenvalue weighted by atomic mass is 10.1. The summed E-state index contributed by atoms with van der Waals surface area (Å²) in [6.07, 6.45) is 2.81. The standard InChI is InChI=1S/C27H25BrN2O3S/c1-3-18-10-12-21(13-11-18)29-27-30-26(31)25(34-27)15-20-14-23(32-4-2)24(16-22(20)28)33-17-19-8-6-5-7-9-19/h5-16H,3-4,17H2,1-2H3,(H,29,30,31)/b25-15-.